The number of nitriles is 1. The second-order valence-corrected chi connectivity index (χ2v) is 4.08. The van der Waals surface area contributed by atoms with Gasteiger partial charge in [-0.1, -0.05) is 12.1 Å². The van der Waals surface area contributed by atoms with Crippen molar-refractivity contribution in [2.75, 3.05) is 0 Å². The predicted octanol–water partition coefficient (Wildman–Crippen LogP) is 2.47. The van der Waals surface area contributed by atoms with Crippen LogP contribution in [0.3, 0.4) is 0 Å². The molecule has 74 valence electrons. The number of aromatic nitrogens is 1. The number of benzene rings is 1. The van der Waals surface area contributed by atoms with Gasteiger partial charge in [-0.25, -0.2) is 0 Å². The summed E-state index contributed by atoms with van der Waals surface area (Å²) in [6.07, 6.45) is 0. The van der Waals surface area contributed by atoms with Gasteiger partial charge < -0.3 is 4.98 Å². The molecule has 2 rings (SSSR count). The lowest BCUT2D eigenvalue weighted by atomic mass is 10.1. The maximum Gasteiger partial charge on any atom is 0.266 e. The van der Waals surface area contributed by atoms with Crippen LogP contribution in [0.1, 0.15) is 11.1 Å². The number of fused-ring (bicyclic) bond motifs is 1. The first-order chi connectivity index (χ1) is 7.15. The number of hydrogen-bond donors (Lipinski definition) is 1. The smallest absolute Gasteiger partial charge is 0.266 e. The monoisotopic (exact) mass is 262 g/mol. The minimum Gasteiger partial charge on any atom is -0.320 e. The molecule has 15 heavy (non-hydrogen) atoms. The van der Waals surface area contributed by atoms with E-state index in [0.717, 1.165) is 20.9 Å². The van der Waals surface area contributed by atoms with Gasteiger partial charge in [0.1, 0.15) is 11.6 Å². The summed E-state index contributed by atoms with van der Waals surface area (Å²) in [5, 5.41) is 9.74. The van der Waals surface area contributed by atoms with Crippen molar-refractivity contribution in [2.24, 2.45) is 0 Å². The van der Waals surface area contributed by atoms with Crippen molar-refractivity contribution >= 4 is 26.8 Å². The van der Waals surface area contributed by atoms with E-state index in [1.54, 1.807) is 6.92 Å². The Morgan fingerprint density at radius 3 is 2.87 bits per heavy atom. The van der Waals surface area contributed by atoms with Gasteiger partial charge in [-0.3, -0.25) is 4.79 Å². The molecule has 0 aliphatic heterocycles. The van der Waals surface area contributed by atoms with Crippen molar-refractivity contribution in [3.8, 4) is 6.07 Å². The highest BCUT2D eigenvalue weighted by molar-refractivity contribution is 9.10. The van der Waals surface area contributed by atoms with Crippen LogP contribution in [-0.2, 0) is 0 Å². The van der Waals surface area contributed by atoms with E-state index in [-0.39, 0.29) is 11.1 Å². The highest BCUT2D eigenvalue weighted by Crippen LogP contribution is 2.23. The van der Waals surface area contributed by atoms with Crippen molar-refractivity contribution in [3.63, 3.8) is 0 Å². The third-order valence-corrected chi connectivity index (χ3v) is 3.03. The lowest BCUT2D eigenvalue weighted by Gasteiger charge is -2.04. The summed E-state index contributed by atoms with van der Waals surface area (Å²) in [5.41, 5.74) is 1.30. The van der Waals surface area contributed by atoms with Gasteiger partial charge in [0.05, 0.1) is 5.52 Å². The zero-order chi connectivity index (χ0) is 11.0. The van der Waals surface area contributed by atoms with Gasteiger partial charge in [-0.2, -0.15) is 5.26 Å². The van der Waals surface area contributed by atoms with Gasteiger partial charge in [0.2, 0.25) is 0 Å². The normalized spacial score (nSPS) is 10.2. The zero-order valence-electron chi connectivity index (χ0n) is 7.97. The number of nitrogens with one attached hydrogen (secondary N) is 1. The van der Waals surface area contributed by atoms with Crippen LogP contribution in [0, 0.1) is 18.3 Å². The SMILES string of the molecule is Cc1c(C#N)c(=O)[nH]c2c(Br)cccc12. The summed E-state index contributed by atoms with van der Waals surface area (Å²) in [5.74, 6) is 0. The Morgan fingerprint density at radius 2 is 2.20 bits per heavy atom. The highest BCUT2D eigenvalue weighted by atomic mass is 79.9. The maximum absolute atomic E-state index is 11.5. The first-order valence-corrected chi connectivity index (χ1v) is 5.15. The molecule has 0 atom stereocenters. The molecule has 0 aliphatic rings. The first-order valence-electron chi connectivity index (χ1n) is 4.36. The molecule has 0 bridgehead atoms. The number of para-hydroxylation sites is 1. The molecule has 2 aromatic rings. The predicted molar refractivity (Wildman–Crippen MR) is 61.7 cm³/mol. The molecule has 0 aliphatic carbocycles. The Balaban J connectivity index is 3.06. The molecule has 0 saturated carbocycles. The average Bonchev–Trinajstić information content (AvgIpc) is 2.20. The summed E-state index contributed by atoms with van der Waals surface area (Å²) in [6.45, 7) is 1.78. The van der Waals surface area contributed by atoms with Crippen LogP contribution in [0.25, 0.3) is 10.9 Å². The maximum atomic E-state index is 11.5. The topological polar surface area (TPSA) is 56.6 Å². The van der Waals surface area contributed by atoms with E-state index in [1.807, 2.05) is 24.3 Å². The molecule has 1 aromatic heterocycles. The number of H-pyrrole nitrogens is 1. The van der Waals surface area contributed by atoms with Crippen molar-refractivity contribution in [1.29, 1.82) is 5.26 Å². The number of pyridine rings is 1. The fraction of sp³-hybridized carbons (Fsp3) is 0.0909. The van der Waals surface area contributed by atoms with Crippen LogP contribution in [-0.4, -0.2) is 4.98 Å². The summed E-state index contributed by atoms with van der Waals surface area (Å²) in [7, 11) is 0. The molecule has 0 saturated heterocycles. The molecular formula is C11H7BrN2O. The van der Waals surface area contributed by atoms with E-state index in [0.29, 0.717) is 0 Å². The number of hydrogen-bond acceptors (Lipinski definition) is 2. The van der Waals surface area contributed by atoms with E-state index in [9.17, 15) is 4.79 Å². The van der Waals surface area contributed by atoms with Gasteiger partial charge in [-0.05, 0) is 34.5 Å². The van der Waals surface area contributed by atoms with Crippen molar-refractivity contribution in [1.82, 2.24) is 4.98 Å². The number of aryl methyl sites for hydroxylation is 1. The lowest BCUT2D eigenvalue weighted by Crippen LogP contribution is -2.12. The largest absolute Gasteiger partial charge is 0.320 e. The van der Waals surface area contributed by atoms with Crippen LogP contribution in [0.2, 0.25) is 0 Å². The molecule has 1 heterocycles. The molecular weight excluding hydrogens is 256 g/mol. The minimum atomic E-state index is -0.339. The molecule has 0 unspecified atom stereocenters. The third-order valence-electron chi connectivity index (χ3n) is 2.37. The summed E-state index contributed by atoms with van der Waals surface area (Å²) < 4.78 is 0.824. The molecule has 4 heteroatoms. The number of nitrogens with zero attached hydrogens (tertiary/aromatic N) is 1. The first kappa shape index (κ1) is 9.94. The molecule has 0 fully saturated rings. The fourth-order valence-corrected chi connectivity index (χ4v) is 2.04. The van der Waals surface area contributed by atoms with Crippen LogP contribution < -0.4 is 5.56 Å². The van der Waals surface area contributed by atoms with Crippen LogP contribution >= 0.6 is 15.9 Å². The second-order valence-electron chi connectivity index (χ2n) is 3.23. The Kier molecular flexibility index (Phi) is 2.33. The van der Waals surface area contributed by atoms with Gasteiger partial charge in [0.25, 0.3) is 5.56 Å². The van der Waals surface area contributed by atoms with E-state index in [2.05, 4.69) is 20.9 Å². The summed E-state index contributed by atoms with van der Waals surface area (Å²) in [6, 6.07) is 7.52. The van der Waals surface area contributed by atoms with E-state index in [4.69, 9.17) is 5.26 Å². The highest BCUT2D eigenvalue weighted by Gasteiger charge is 2.09. The summed E-state index contributed by atoms with van der Waals surface area (Å²) >= 11 is 3.36. The Labute approximate surface area is 94.5 Å². The van der Waals surface area contributed by atoms with Gasteiger partial charge in [-0.15, -0.1) is 0 Å². The Morgan fingerprint density at radius 1 is 1.47 bits per heavy atom. The number of rotatable bonds is 0. The molecule has 0 spiro atoms. The standard InChI is InChI=1S/C11H7BrN2O/c1-6-7-3-2-4-9(12)10(7)14-11(15)8(6)5-13/h2-4H,1H3,(H,14,15). The van der Waals surface area contributed by atoms with Crippen molar-refractivity contribution in [3.05, 3.63) is 44.2 Å². The van der Waals surface area contributed by atoms with Crippen LogP contribution in [0.15, 0.2) is 27.5 Å². The minimum absolute atomic E-state index is 0.181. The Bertz CT molecular complexity index is 637. The quantitative estimate of drug-likeness (QED) is 0.793. The van der Waals surface area contributed by atoms with Crippen molar-refractivity contribution in [2.45, 2.75) is 6.92 Å². The summed E-state index contributed by atoms with van der Waals surface area (Å²) in [4.78, 5) is 14.2. The second kappa shape index (κ2) is 3.52. The lowest BCUT2D eigenvalue weighted by molar-refractivity contribution is 1.24. The fourth-order valence-electron chi connectivity index (χ4n) is 1.58. The van der Waals surface area contributed by atoms with Crippen molar-refractivity contribution < 1.29 is 0 Å². The van der Waals surface area contributed by atoms with Crippen LogP contribution in [0.4, 0.5) is 0 Å². The molecule has 1 aromatic carbocycles. The Hall–Kier alpha value is -1.60. The number of aromatic amines is 1. The van der Waals surface area contributed by atoms with E-state index in [1.165, 1.54) is 0 Å². The van der Waals surface area contributed by atoms with E-state index < -0.39 is 0 Å². The molecule has 1 N–H and O–H groups in total. The number of halogens is 1. The molecule has 0 radical (unpaired) electrons. The zero-order valence-corrected chi connectivity index (χ0v) is 9.55. The van der Waals surface area contributed by atoms with E-state index >= 15 is 0 Å². The van der Waals surface area contributed by atoms with Gasteiger partial charge >= 0.3 is 0 Å². The average molecular weight is 263 g/mol. The third kappa shape index (κ3) is 1.45. The molecule has 3 nitrogen and oxygen atoms in total. The van der Waals surface area contributed by atoms with Gasteiger partial charge in [0.15, 0.2) is 0 Å². The molecule has 0 amide bonds. The van der Waals surface area contributed by atoms with Crippen LogP contribution in [0.5, 0.6) is 0 Å². The van der Waals surface area contributed by atoms with Gasteiger partial charge in [0, 0.05) is 9.86 Å².